The number of ether oxygens (including phenoxy) is 1. The average Bonchev–Trinajstić information content (AvgIpc) is 3.35. The molecule has 1 N–H and O–H groups in total. The van der Waals surface area contributed by atoms with Crippen LogP contribution in [0.25, 0.3) is 17.4 Å². The second-order valence-corrected chi connectivity index (χ2v) is 6.92. The highest BCUT2D eigenvalue weighted by Gasteiger charge is 2.35. The van der Waals surface area contributed by atoms with Crippen LogP contribution in [0, 0.1) is 5.82 Å². The summed E-state index contributed by atoms with van der Waals surface area (Å²) in [6.45, 7) is 0. The van der Waals surface area contributed by atoms with E-state index in [1.54, 1.807) is 36.4 Å². The molecule has 7 nitrogen and oxygen atoms in total. The molecule has 0 unspecified atom stereocenters. The quantitative estimate of drug-likeness (QED) is 0.376. The molecule has 2 aromatic carbocycles. The minimum absolute atomic E-state index is 0.151. The summed E-state index contributed by atoms with van der Waals surface area (Å²) >= 11 is 5.76. The van der Waals surface area contributed by atoms with Crippen LogP contribution in [0.1, 0.15) is 16.1 Å². The Morgan fingerprint density at radius 1 is 1.13 bits per heavy atom. The van der Waals surface area contributed by atoms with Gasteiger partial charge in [-0.1, -0.05) is 23.7 Å². The van der Waals surface area contributed by atoms with E-state index in [1.165, 1.54) is 25.3 Å². The number of rotatable bonds is 4. The standard InChI is InChI=1S/C22H14ClFN2O5/c1-30-22(29)13-4-2-12(3-5-13)19-9-7-15(31-19)11-16-20(27)25-26(21(16)28)14-6-8-18(24)17(23)10-14/h2-11H,1H3,(H,25,27). The predicted octanol–water partition coefficient (Wildman–Crippen LogP) is 3.99. The van der Waals surface area contributed by atoms with Crippen molar-refractivity contribution in [1.29, 1.82) is 0 Å². The van der Waals surface area contributed by atoms with E-state index in [0.29, 0.717) is 16.9 Å². The minimum Gasteiger partial charge on any atom is -0.465 e. The lowest BCUT2D eigenvalue weighted by molar-refractivity contribution is -0.117. The molecule has 31 heavy (non-hydrogen) atoms. The van der Waals surface area contributed by atoms with Crippen LogP contribution in [-0.4, -0.2) is 24.9 Å². The highest BCUT2D eigenvalue weighted by molar-refractivity contribution is 6.33. The van der Waals surface area contributed by atoms with Gasteiger partial charge in [-0.05, 0) is 48.5 Å². The maximum atomic E-state index is 13.4. The van der Waals surface area contributed by atoms with Gasteiger partial charge in [-0.25, -0.2) is 14.2 Å². The summed E-state index contributed by atoms with van der Waals surface area (Å²) in [6.07, 6.45) is 1.31. The molecule has 9 heteroatoms. The Balaban J connectivity index is 1.57. The summed E-state index contributed by atoms with van der Waals surface area (Å²) in [6, 6.07) is 13.5. The molecule has 4 rings (SSSR count). The number of carbonyl (C=O) groups is 3. The Kier molecular flexibility index (Phi) is 5.31. The van der Waals surface area contributed by atoms with Crippen molar-refractivity contribution >= 4 is 41.1 Å². The first-order valence-electron chi connectivity index (χ1n) is 8.98. The molecule has 3 aromatic rings. The van der Waals surface area contributed by atoms with Gasteiger partial charge in [0, 0.05) is 5.56 Å². The summed E-state index contributed by atoms with van der Waals surface area (Å²) in [4.78, 5) is 36.5. The Labute approximate surface area is 180 Å². The molecule has 0 atom stereocenters. The highest BCUT2D eigenvalue weighted by atomic mass is 35.5. The topological polar surface area (TPSA) is 88.9 Å². The first kappa shape index (κ1) is 20.4. The third kappa shape index (κ3) is 3.93. The number of benzene rings is 2. The molecule has 2 amide bonds. The van der Waals surface area contributed by atoms with Gasteiger partial charge in [0.2, 0.25) is 0 Å². The largest absolute Gasteiger partial charge is 0.465 e. The molecule has 2 heterocycles. The summed E-state index contributed by atoms with van der Waals surface area (Å²) in [7, 11) is 1.30. The van der Waals surface area contributed by atoms with Crippen LogP contribution < -0.4 is 10.4 Å². The molecule has 1 saturated heterocycles. The average molecular weight is 441 g/mol. The normalized spacial score (nSPS) is 14.8. The molecule has 0 radical (unpaired) electrons. The first-order valence-corrected chi connectivity index (χ1v) is 9.36. The van der Waals surface area contributed by atoms with Gasteiger partial charge in [-0.2, -0.15) is 0 Å². The fraction of sp³-hybridized carbons (Fsp3) is 0.0455. The zero-order valence-electron chi connectivity index (χ0n) is 16.0. The monoisotopic (exact) mass is 440 g/mol. The molecule has 156 valence electrons. The number of amides is 2. The molecule has 1 aromatic heterocycles. The second-order valence-electron chi connectivity index (χ2n) is 6.51. The SMILES string of the molecule is COC(=O)c1ccc(-c2ccc(C=C3C(=O)NN(c4ccc(F)c(Cl)c4)C3=O)o2)cc1. The summed E-state index contributed by atoms with van der Waals surface area (Å²) in [5.74, 6) is -1.59. The van der Waals surface area contributed by atoms with E-state index in [0.717, 1.165) is 11.1 Å². The second kappa shape index (κ2) is 8.08. The van der Waals surface area contributed by atoms with Crippen molar-refractivity contribution < 1.29 is 27.9 Å². The van der Waals surface area contributed by atoms with Crippen LogP contribution in [0.5, 0.6) is 0 Å². The molecule has 0 spiro atoms. The van der Waals surface area contributed by atoms with Gasteiger partial charge in [-0.3, -0.25) is 15.0 Å². The van der Waals surface area contributed by atoms with Crippen molar-refractivity contribution in [3.05, 3.63) is 82.3 Å². The van der Waals surface area contributed by atoms with Crippen molar-refractivity contribution in [2.24, 2.45) is 0 Å². The van der Waals surface area contributed by atoms with Crippen LogP contribution in [0.3, 0.4) is 0 Å². The van der Waals surface area contributed by atoms with E-state index >= 15 is 0 Å². The maximum absolute atomic E-state index is 13.4. The number of hydrogen-bond acceptors (Lipinski definition) is 5. The van der Waals surface area contributed by atoms with E-state index in [1.807, 2.05) is 0 Å². The molecule has 1 aliphatic rings. The van der Waals surface area contributed by atoms with Crippen molar-refractivity contribution in [2.45, 2.75) is 0 Å². The lowest BCUT2D eigenvalue weighted by Gasteiger charge is -2.14. The van der Waals surface area contributed by atoms with E-state index in [-0.39, 0.29) is 22.0 Å². The summed E-state index contributed by atoms with van der Waals surface area (Å²) in [5.41, 5.74) is 3.57. The van der Waals surface area contributed by atoms with Gasteiger partial charge in [0.05, 0.1) is 23.4 Å². The fourth-order valence-electron chi connectivity index (χ4n) is 2.98. The van der Waals surface area contributed by atoms with E-state index in [2.05, 4.69) is 10.2 Å². The van der Waals surface area contributed by atoms with Crippen molar-refractivity contribution in [1.82, 2.24) is 5.43 Å². The lowest BCUT2D eigenvalue weighted by Crippen LogP contribution is -2.35. The fourth-order valence-corrected chi connectivity index (χ4v) is 3.15. The molecule has 1 fully saturated rings. The molecule has 0 aliphatic carbocycles. The van der Waals surface area contributed by atoms with Gasteiger partial charge in [0.25, 0.3) is 11.8 Å². The Hall–Kier alpha value is -3.91. The number of anilines is 1. The molecule has 0 bridgehead atoms. The highest BCUT2D eigenvalue weighted by Crippen LogP contribution is 2.28. The van der Waals surface area contributed by atoms with Crippen molar-refractivity contribution in [3.8, 4) is 11.3 Å². The predicted molar refractivity (Wildman–Crippen MR) is 110 cm³/mol. The third-order valence-electron chi connectivity index (χ3n) is 4.56. The van der Waals surface area contributed by atoms with E-state index < -0.39 is 23.6 Å². The Bertz CT molecular complexity index is 1230. The number of furan rings is 1. The number of hydrazine groups is 1. The maximum Gasteiger partial charge on any atom is 0.337 e. The smallest absolute Gasteiger partial charge is 0.337 e. The van der Waals surface area contributed by atoms with Crippen LogP contribution in [0.4, 0.5) is 10.1 Å². The summed E-state index contributed by atoms with van der Waals surface area (Å²) in [5, 5.41) is 0.806. The van der Waals surface area contributed by atoms with Gasteiger partial charge in [0.15, 0.2) is 0 Å². The van der Waals surface area contributed by atoms with Gasteiger partial charge in [0.1, 0.15) is 22.9 Å². The van der Waals surface area contributed by atoms with Gasteiger partial charge >= 0.3 is 5.97 Å². The zero-order valence-corrected chi connectivity index (χ0v) is 16.8. The molecule has 0 saturated carbocycles. The zero-order chi connectivity index (χ0) is 22.1. The number of carbonyl (C=O) groups excluding carboxylic acids is 3. The first-order chi connectivity index (χ1) is 14.9. The Morgan fingerprint density at radius 2 is 1.87 bits per heavy atom. The van der Waals surface area contributed by atoms with Gasteiger partial charge < -0.3 is 9.15 Å². The van der Waals surface area contributed by atoms with E-state index in [9.17, 15) is 18.8 Å². The molecule has 1 aliphatic heterocycles. The number of hydrogen-bond donors (Lipinski definition) is 1. The van der Waals surface area contributed by atoms with Crippen LogP contribution in [0.15, 0.2) is 64.6 Å². The number of nitrogens with one attached hydrogen (secondary N) is 1. The number of halogens is 2. The molecular formula is C22H14ClFN2O5. The lowest BCUT2D eigenvalue weighted by atomic mass is 10.1. The van der Waals surface area contributed by atoms with Crippen molar-refractivity contribution in [2.75, 3.05) is 12.1 Å². The third-order valence-corrected chi connectivity index (χ3v) is 4.85. The van der Waals surface area contributed by atoms with Crippen molar-refractivity contribution in [3.63, 3.8) is 0 Å². The van der Waals surface area contributed by atoms with E-state index in [4.69, 9.17) is 16.0 Å². The van der Waals surface area contributed by atoms with Gasteiger partial charge in [-0.15, -0.1) is 0 Å². The van der Waals surface area contributed by atoms with Crippen LogP contribution in [-0.2, 0) is 14.3 Å². The number of nitrogens with zero attached hydrogens (tertiary/aromatic N) is 1. The molecular weight excluding hydrogens is 427 g/mol. The minimum atomic E-state index is -0.637. The number of esters is 1. The van der Waals surface area contributed by atoms with Crippen LogP contribution in [0.2, 0.25) is 5.02 Å². The Morgan fingerprint density at radius 3 is 2.55 bits per heavy atom. The van der Waals surface area contributed by atoms with Crippen LogP contribution >= 0.6 is 11.6 Å². The summed E-state index contributed by atoms with van der Waals surface area (Å²) < 4.78 is 23.8. The number of methoxy groups -OCH3 is 1.